The van der Waals surface area contributed by atoms with E-state index in [2.05, 4.69) is 5.32 Å². The van der Waals surface area contributed by atoms with Gasteiger partial charge in [0.15, 0.2) is 0 Å². The minimum absolute atomic E-state index is 0.103. The molecule has 22 heavy (non-hydrogen) atoms. The SMILES string of the molecule is CC(C)(C)OC(=O)NCC1(c2cc(F)cc(F)c2)CC1CO. The van der Waals surface area contributed by atoms with Crippen LogP contribution < -0.4 is 5.32 Å². The first-order chi connectivity index (χ1) is 10.2. The highest BCUT2D eigenvalue weighted by atomic mass is 19.1. The maximum Gasteiger partial charge on any atom is 0.407 e. The van der Waals surface area contributed by atoms with Crippen molar-refractivity contribution in [1.29, 1.82) is 0 Å². The molecule has 2 unspecified atom stereocenters. The number of carbonyl (C=O) groups excluding carboxylic acids is 1. The van der Waals surface area contributed by atoms with Crippen LogP contribution in [0.1, 0.15) is 32.8 Å². The fourth-order valence-corrected chi connectivity index (χ4v) is 2.68. The standard InChI is InChI=1S/C16H21F2NO3/c1-15(2,3)22-14(21)19-9-16(7-11(16)8-20)10-4-12(17)6-13(18)5-10/h4-6,11,20H,7-9H2,1-3H3,(H,19,21). The average Bonchev–Trinajstić information content (AvgIpc) is 3.08. The average molecular weight is 313 g/mol. The van der Waals surface area contributed by atoms with Gasteiger partial charge in [-0.1, -0.05) is 0 Å². The minimum atomic E-state index is -0.671. The van der Waals surface area contributed by atoms with Crippen molar-refractivity contribution in [2.45, 2.75) is 38.2 Å². The van der Waals surface area contributed by atoms with Gasteiger partial charge in [0, 0.05) is 24.6 Å². The van der Waals surface area contributed by atoms with E-state index < -0.39 is 28.7 Å². The van der Waals surface area contributed by atoms with Crippen LogP contribution in [0.2, 0.25) is 0 Å². The van der Waals surface area contributed by atoms with Crippen LogP contribution in [0.25, 0.3) is 0 Å². The molecule has 0 heterocycles. The van der Waals surface area contributed by atoms with Crippen molar-refractivity contribution in [1.82, 2.24) is 5.32 Å². The second-order valence-electron chi connectivity index (χ2n) is 6.75. The number of aliphatic hydroxyl groups is 1. The van der Waals surface area contributed by atoms with E-state index in [1.165, 1.54) is 12.1 Å². The zero-order valence-corrected chi connectivity index (χ0v) is 13.0. The molecule has 0 aromatic heterocycles. The summed E-state index contributed by atoms with van der Waals surface area (Å²) < 4.78 is 32.0. The highest BCUT2D eigenvalue weighted by molar-refractivity contribution is 5.68. The van der Waals surface area contributed by atoms with E-state index in [0.717, 1.165) is 6.07 Å². The number of halogens is 2. The Hall–Kier alpha value is -1.69. The first kappa shape index (κ1) is 16.7. The molecule has 1 amide bonds. The summed E-state index contributed by atoms with van der Waals surface area (Å²) >= 11 is 0. The molecule has 2 atom stereocenters. The van der Waals surface area contributed by atoms with Crippen molar-refractivity contribution in [2.24, 2.45) is 5.92 Å². The van der Waals surface area contributed by atoms with Crippen LogP contribution in [0.15, 0.2) is 18.2 Å². The van der Waals surface area contributed by atoms with Gasteiger partial charge in [-0.2, -0.15) is 0 Å². The summed E-state index contributed by atoms with van der Waals surface area (Å²) in [4.78, 5) is 11.7. The summed E-state index contributed by atoms with van der Waals surface area (Å²) in [6.07, 6.45) is -0.0327. The number of carbonyl (C=O) groups is 1. The summed E-state index contributed by atoms with van der Waals surface area (Å²) in [5, 5.41) is 12.0. The lowest BCUT2D eigenvalue weighted by molar-refractivity contribution is 0.0520. The van der Waals surface area contributed by atoms with Gasteiger partial charge in [0.2, 0.25) is 0 Å². The van der Waals surface area contributed by atoms with Crippen LogP contribution >= 0.6 is 0 Å². The molecule has 1 saturated carbocycles. The van der Waals surface area contributed by atoms with Gasteiger partial charge in [0.1, 0.15) is 17.2 Å². The van der Waals surface area contributed by atoms with Gasteiger partial charge in [-0.25, -0.2) is 13.6 Å². The highest BCUT2D eigenvalue weighted by Gasteiger charge is 2.55. The van der Waals surface area contributed by atoms with Crippen molar-refractivity contribution in [3.05, 3.63) is 35.4 Å². The normalized spacial score (nSPS) is 24.0. The molecule has 122 valence electrons. The first-order valence-corrected chi connectivity index (χ1v) is 7.20. The van der Waals surface area contributed by atoms with Gasteiger partial charge in [-0.15, -0.1) is 0 Å². The minimum Gasteiger partial charge on any atom is -0.444 e. The van der Waals surface area contributed by atoms with E-state index in [9.17, 15) is 18.7 Å². The maximum absolute atomic E-state index is 13.4. The summed E-state index contributed by atoms with van der Waals surface area (Å²) in [6.45, 7) is 5.30. The van der Waals surface area contributed by atoms with Gasteiger partial charge >= 0.3 is 6.09 Å². The fourth-order valence-electron chi connectivity index (χ4n) is 2.68. The molecule has 1 aromatic rings. The number of hydrogen-bond acceptors (Lipinski definition) is 3. The Balaban J connectivity index is 2.12. The fraction of sp³-hybridized carbons (Fsp3) is 0.562. The molecule has 2 N–H and O–H groups in total. The van der Waals surface area contributed by atoms with Gasteiger partial charge < -0.3 is 15.2 Å². The Bertz CT molecular complexity index is 551. The van der Waals surface area contributed by atoms with Crippen molar-refractivity contribution >= 4 is 6.09 Å². The Morgan fingerprint density at radius 1 is 1.36 bits per heavy atom. The maximum atomic E-state index is 13.4. The largest absolute Gasteiger partial charge is 0.444 e. The number of ether oxygens (including phenoxy) is 1. The predicted octanol–water partition coefficient (Wildman–Crippen LogP) is 2.74. The summed E-state index contributed by atoms with van der Waals surface area (Å²) in [6, 6.07) is 3.29. The zero-order chi connectivity index (χ0) is 16.5. The van der Waals surface area contributed by atoms with Crippen molar-refractivity contribution in [2.75, 3.05) is 13.2 Å². The lowest BCUT2D eigenvalue weighted by atomic mass is 9.93. The van der Waals surface area contributed by atoms with E-state index in [1.54, 1.807) is 20.8 Å². The van der Waals surface area contributed by atoms with Gasteiger partial charge in [0.05, 0.1) is 0 Å². The summed E-state index contributed by atoms with van der Waals surface area (Å²) in [5.41, 5.74) is -0.823. The number of alkyl carbamates (subject to hydrolysis) is 1. The molecule has 0 spiro atoms. The second-order valence-corrected chi connectivity index (χ2v) is 6.75. The molecular formula is C16H21F2NO3. The Morgan fingerprint density at radius 2 is 1.95 bits per heavy atom. The van der Waals surface area contributed by atoms with E-state index in [-0.39, 0.29) is 19.1 Å². The summed E-state index contributed by atoms with van der Waals surface area (Å²) in [5.74, 6) is -1.48. The Morgan fingerprint density at radius 3 is 2.41 bits per heavy atom. The van der Waals surface area contributed by atoms with Crippen LogP contribution in [0, 0.1) is 17.6 Å². The Kier molecular flexibility index (Phi) is 4.42. The molecule has 6 heteroatoms. The molecule has 0 saturated heterocycles. The quantitative estimate of drug-likeness (QED) is 0.898. The topological polar surface area (TPSA) is 58.6 Å². The molecule has 1 aliphatic rings. The first-order valence-electron chi connectivity index (χ1n) is 7.20. The number of nitrogens with one attached hydrogen (secondary N) is 1. The van der Waals surface area contributed by atoms with Crippen molar-refractivity contribution in [3.8, 4) is 0 Å². The van der Waals surface area contributed by atoms with Crippen molar-refractivity contribution < 1.29 is 23.4 Å². The Labute approximate surface area is 128 Å². The van der Waals surface area contributed by atoms with Crippen LogP contribution in [-0.2, 0) is 10.2 Å². The van der Waals surface area contributed by atoms with E-state index in [1.807, 2.05) is 0 Å². The molecule has 2 rings (SSSR count). The third kappa shape index (κ3) is 3.74. The molecular weight excluding hydrogens is 292 g/mol. The molecule has 0 bridgehead atoms. The number of amides is 1. The zero-order valence-electron chi connectivity index (χ0n) is 13.0. The van der Waals surface area contributed by atoms with E-state index >= 15 is 0 Å². The number of rotatable bonds is 4. The molecule has 0 aliphatic heterocycles. The lowest BCUT2D eigenvalue weighted by Crippen LogP contribution is -2.38. The lowest BCUT2D eigenvalue weighted by Gasteiger charge is -2.23. The van der Waals surface area contributed by atoms with E-state index in [0.29, 0.717) is 12.0 Å². The second kappa shape index (κ2) is 5.83. The van der Waals surface area contributed by atoms with Gasteiger partial charge in [-0.3, -0.25) is 0 Å². The molecule has 1 aliphatic carbocycles. The predicted molar refractivity (Wildman–Crippen MR) is 77.5 cm³/mol. The molecule has 1 fully saturated rings. The highest BCUT2D eigenvalue weighted by Crippen LogP contribution is 2.53. The third-order valence-electron chi connectivity index (χ3n) is 3.84. The number of benzene rings is 1. The molecule has 0 radical (unpaired) electrons. The van der Waals surface area contributed by atoms with Crippen LogP contribution in [-0.4, -0.2) is 30.0 Å². The smallest absolute Gasteiger partial charge is 0.407 e. The van der Waals surface area contributed by atoms with Gasteiger partial charge in [-0.05, 0) is 50.8 Å². The van der Waals surface area contributed by atoms with Crippen LogP contribution in [0.5, 0.6) is 0 Å². The van der Waals surface area contributed by atoms with Crippen LogP contribution in [0.3, 0.4) is 0 Å². The van der Waals surface area contributed by atoms with E-state index in [4.69, 9.17) is 4.74 Å². The third-order valence-corrected chi connectivity index (χ3v) is 3.84. The monoisotopic (exact) mass is 313 g/mol. The number of aliphatic hydroxyl groups excluding tert-OH is 1. The molecule has 1 aromatic carbocycles. The molecule has 4 nitrogen and oxygen atoms in total. The summed E-state index contributed by atoms with van der Waals surface area (Å²) in [7, 11) is 0. The van der Waals surface area contributed by atoms with Crippen LogP contribution in [0.4, 0.5) is 13.6 Å². The van der Waals surface area contributed by atoms with Crippen molar-refractivity contribution in [3.63, 3.8) is 0 Å². The number of hydrogen-bond donors (Lipinski definition) is 2. The van der Waals surface area contributed by atoms with Gasteiger partial charge in [0.25, 0.3) is 0 Å².